The quantitative estimate of drug-likeness (QED) is 0.844. The van der Waals surface area contributed by atoms with E-state index in [1.807, 2.05) is 10.7 Å². The molecule has 2 heterocycles. The first-order valence-electron chi connectivity index (χ1n) is 5.95. The fourth-order valence-electron chi connectivity index (χ4n) is 1.95. The highest BCUT2D eigenvalue weighted by Gasteiger charge is 2.09. The van der Waals surface area contributed by atoms with Crippen molar-refractivity contribution in [2.75, 3.05) is 6.54 Å². The zero-order valence-electron chi connectivity index (χ0n) is 10.4. The lowest BCUT2D eigenvalue weighted by Gasteiger charge is -2.12. The summed E-state index contributed by atoms with van der Waals surface area (Å²) in [6.07, 6.45) is 4.56. The van der Waals surface area contributed by atoms with Gasteiger partial charge in [-0.1, -0.05) is 0 Å². The molecule has 0 aliphatic heterocycles. The molecule has 0 saturated carbocycles. The fourth-order valence-corrected chi connectivity index (χ4v) is 1.95. The van der Waals surface area contributed by atoms with Crippen LogP contribution in [0, 0.1) is 0 Å². The van der Waals surface area contributed by atoms with E-state index in [0.29, 0.717) is 12.6 Å². The minimum Gasteiger partial charge on any atom is -0.344 e. The van der Waals surface area contributed by atoms with Gasteiger partial charge in [0.1, 0.15) is 12.2 Å². The number of hydrogen-bond acceptors (Lipinski definition) is 3. The van der Waals surface area contributed by atoms with E-state index in [4.69, 9.17) is 5.73 Å². The predicted molar refractivity (Wildman–Crippen MR) is 66.7 cm³/mol. The zero-order chi connectivity index (χ0) is 12.3. The minimum atomic E-state index is 0.334. The van der Waals surface area contributed by atoms with Gasteiger partial charge in [0.05, 0.1) is 6.54 Å². The van der Waals surface area contributed by atoms with E-state index in [1.165, 1.54) is 5.69 Å². The average molecular weight is 233 g/mol. The molecule has 17 heavy (non-hydrogen) atoms. The van der Waals surface area contributed by atoms with Crippen molar-refractivity contribution in [2.24, 2.45) is 5.73 Å². The van der Waals surface area contributed by atoms with E-state index in [1.54, 1.807) is 6.33 Å². The van der Waals surface area contributed by atoms with Crippen molar-refractivity contribution < 1.29 is 0 Å². The lowest BCUT2D eigenvalue weighted by atomic mass is 10.3. The van der Waals surface area contributed by atoms with Crippen LogP contribution in [0.2, 0.25) is 0 Å². The van der Waals surface area contributed by atoms with E-state index >= 15 is 0 Å². The van der Waals surface area contributed by atoms with Gasteiger partial charge in [-0.2, -0.15) is 5.10 Å². The average Bonchev–Trinajstić information content (AvgIpc) is 2.89. The first kappa shape index (κ1) is 11.9. The molecule has 0 atom stereocenters. The molecule has 0 aromatic carbocycles. The minimum absolute atomic E-state index is 0.334. The third-order valence-electron chi connectivity index (χ3n) is 2.77. The maximum Gasteiger partial charge on any atom is 0.147 e. The van der Waals surface area contributed by atoms with Gasteiger partial charge < -0.3 is 10.3 Å². The maximum absolute atomic E-state index is 5.59. The molecule has 0 fully saturated rings. The van der Waals surface area contributed by atoms with Crippen LogP contribution in [0.25, 0.3) is 0 Å². The number of nitrogens with zero attached hydrogens (tertiary/aromatic N) is 4. The van der Waals surface area contributed by atoms with Crippen molar-refractivity contribution in [1.82, 2.24) is 19.3 Å². The highest BCUT2D eigenvalue weighted by Crippen LogP contribution is 2.10. The molecule has 2 rings (SSSR count). The Hall–Kier alpha value is -1.62. The second-order valence-corrected chi connectivity index (χ2v) is 4.38. The van der Waals surface area contributed by atoms with Crippen molar-refractivity contribution in [1.29, 1.82) is 0 Å². The van der Waals surface area contributed by atoms with E-state index in [-0.39, 0.29) is 0 Å². The number of nitrogens with two attached hydrogens (primary N) is 1. The molecule has 5 nitrogen and oxygen atoms in total. The summed E-state index contributed by atoms with van der Waals surface area (Å²) in [5.74, 6) is 0.981. The van der Waals surface area contributed by atoms with Gasteiger partial charge in [0.2, 0.25) is 0 Å². The summed E-state index contributed by atoms with van der Waals surface area (Å²) in [4.78, 5) is 4.31. The maximum atomic E-state index is 5.59. The summed E-state index contributed by atoms with van der Waals surface area (Å²) in [5.41, 5.74) is 6.84. The molecule has 0 aliphatic carbocycles. The molecule has 2 N–H and O–H groups in total. The van der Waals surface area contributed by atoms with Crippen LogP contribution in [0.15, 0.2) is 24.7 Å². The molecule has 0 aliphatic rings. The molecule has 2 aromatic heterocycles. The normalized spacial score (nSPS) is 11.3. The van der Waals surface area contributed by atoms with Crippen LogP contribution in [0.4, 0.5) is 0 Å². The SMILES string of the molecule is CC(C)n1ncnc1Cn1cccc1CCN. The second kappa shape index (κ2) is 5.14. The van der Waals surface area contributed by atoms with Gasteiger partial charge in [0.15, 0.2) is 0 Å². The standard InChI is InChI=1S/C12H19N5/c1-10(2)17-12(14-9-15-17)8-16-7-3-4-11(16)5-6-13/h3-4,7,9-10H,5-6,8,13H2,1-2H3. The molecule has 0 amide bonds. The molecule has 0 unspecified atom stereocenters. The lowest BCUT2D eigenvalue weighted by Crippen LogP contribution is -2.14. The van der Waals surface area contributed by atoms with Gasteiger partial charge in [-0.15, -0.1) is 0 Å². The summed E-state index contributed by atoms with van der Waals surface area (Å²) in [7, 11) is 0. The third-order valence-corrected chi connectivity index (χ3v) is 2.77. The van der Waals surface area contributed by atoms with Crippen LogP contribution in [0.1, 0.15) is 31.4 Å². The number of aromatic nitrogens is 4. The summed E-state index contributed by atoms with van der Waals surface area (Å²) >= 11 is 0. The number of hydrogen-bond donors (Lipinski definition) is 1. The van der Waals surface area contributed by atoms with E-state index < -0.39 is 0 Å². The fraction of sp³-hybridized carbons (Fsp3) is 0.500. The van der Waals surface area contributed by atoms with Crippen LogP contribution < -0.4 is 5.73 Å². The van der Waals surface area contributed by atoms with Crippen molar-refractivity contribution in [2.45, 2.75) is 32.9 Å². The smallest absolute Gasteiger partial charge is 0.147 e. The molecule has 0 saturated heterocycles. The number of rotatable bonds is 5. The molecular weight excluding hydrogens is 214 g/mol. The largest absolute Gasteiger partial charge is 0.344 e. The Bertz CT molecular complexity index is 469. The Kier molecular flexibility index (Phi) is 3.58. The molecule has 2 aromatic rings. The Morgan fingerprint density at radius 2 is 2.24 bits per heavy atom. The monoisotopic (exact) mass is 233 g/mol. The molecular formula is C12H19N5. The van der Waals surface area contributed by atoms with Crippen LogP contribution in [0.5, 0.6) is 0 Å². The summed E-state index contributed by atoms with van der Waals surface area (Å²) in [5, 5.41) is 4.24. The first-order chi connectivity index (χ1) is 8.22. The van der Waals surface area contributed by atoms with Crippen molar-refractivity contribution in [3.05, 3.63) is 36.2 Å². The van der Waals surface area contributed by atoms with Crippen LogP contribution in [-0.2, 0) is 13.0 Å². The highest BCUT2D eigenvalue weighted by atomic mass is 15.4. The lowest BCUT2D eigenvalue weighted by molar-refractivity contribution is 0.494. The summed E-state index contributed by atoms with van der Waals surface area (Å²) in [6, 6.07) is 4.48. The first-order valence-corrected chi connectivity index (χ1v) is 5.95. The van der Waals surface area contributed by atoms with Crippen LogP contribution >= 0.6 is 0 Å². The van der Waals surface area contributed by atoms with E-state index in [0.717, 1.165) is 18.8 Å². The second-order valence-electron chi connectivity index (χ2n) is 4.38. The predicted octanol–water partition coefficient (Wildman–Crippen LogP) is 1.21. The van der Waals surface area contributed by atoms with Crippen molar-refractivity contribution in [3.8, 4) is 0 Å². The molecule has 0 bridgehead atoms. The zero-order valence-corrected chi connectivity index (χ0v) is 10.4. The Morgan fingerprint density at radius 1 is 1.41 bits per heavy atom. The topological polar surface area (TPSA) is 61.7 Å². The highest BCUT2D eigenvalue weighted by molar-refractivity contribution is 5.09. The Balaban J connectivity index is 2.19. The van der Waals surface area contributed by atoms with Gasteiger partial charge in [0.25, 0.3) is 0 Å². The van der Waals surface area contributed by atoms with Gasteiger partial charge >= 0.3 is 0 Å². The summed E-state index contributed by atoms with van der Waals surface area (Å²) < 4.78 is 4.13. The summed E-state index contributed by atoms with van der Waals surface area (Å²) in [6.45, 7) is 5.63. The van der Waals surface area contributed by atoms with Gasteiger partial charge in [-0.05, 0) is 38.9 Å². The molecule has 5 heteroatoms. The van der Waals surface area contributed by atoms with Crippen molar-refractivity contribution in [3.63, 3.8) is 0 Å². The molecule has 92 valence electrons. The van der Waals surface area contributed by atoms with Crippen LogP contribution in [0.3, 0.4) is 0 Å². The van der Waals surface area contributed by atoms with Gasteiger partial charge in [0, 0.05) is 17.9 Å². The van der Waals surface area contributed by atoms with E-state index in [9.17, 15) is 0 Å². The third kappa shape index (κ3) is 2.55. The van der Waals surface area contributed by atoms with Crippen molar-refractivity contribution >= 4 is 0 Å². The Labute approximate surface area is 101 Å². The van der Waals surface area contributed by atoms with Gasteiger partial charge in [-0.25, -0.2) is 9.67 Å². The molecule has 0 spiro atoms. The van der Waals surface area contributed by atoms with E-state index in [2.05, 4.69) is 40.8 Å². The van der Waals surface area contributed by atoms with Gasteiger partial charge in [-0.3, -0.25) is 0 Å². The molecule has 0 radical (unpaired) electrons. The Morgan fingerprint density at radius 3 is 2.94 bits per heavy atom. The van der Waals surface area contributed by atoms with Crippen LogP contribution in [-0.4, -0.2) is 25.9 Å².